The number of anilines is 1. The summed E-state index contributed by atoms with van der Waals surface area (Å²) in [6.07, 6.45) is 0.419. The molecule has 0 radical (unpaired) electrons. The lowest BCUT2D eigenvalue weighted by Gasteiger charge is -2.27. The van der Waals surface area contributed by atoms with Crippen LogP contribution in [0.2, 0.25) is 0 Å². The van der Waals surface area contributed by atoms with Crippen molar-refractivity contribution >= 4 is 17.5 Å². The molecule has 0 aromatic heterocycles. The van der Waals surface area contributed by atoms with E-state index >= 15 is 0 Å². The summed E-state index contributed by atoms with van der Waals surface area (Å²) in [6, 6.07) is 5.49. The average Bonchev–Trinajstić information content (AvgIpc) is 2.37. The highest BCUT2D eigenvalue weighted by molar-refractivity contribution is 5.94. The van der Waals surface area contributed by atoms with E-state index in [0.717, 1.165) is 0 Å². The van der Waals surface area contributed by atoms with Crippen molar-refractivity contribution in [1.82, 2.24) is 4.90 Å². The SMILES string of the molecule is CC(C)CC(=O)N(CC(=O)Nc1ccc(F)cc1)C(C)C. The Kier molecular flexibility index (Phi) is 6.34. The van der Waals surface area contributed by atoms with Gasteiger partial charge in [-0.25, -0.2) is 4.39 Å². The zero-order chi connectivity index (χ0) is 16.0. The Morgan fingerprint density at radius 1 is 1.14 bits per heavy atom. The molecule has 0 saturated heterocycles. The molecule has 0 bridgehead atoms. The second-order valence-electron chi connectivity index (χ2n) is 5.77. The lowest BCUT2D eigenvalue weighted by Crippen LogP contribution is -2.42. The number of benzene rings is 1. The van der Waals surface area contributed by atoms with Crippen LogP contribution in [0.4, 0.5) is 10.1 Å². The van der Waals surface area contributed by atoms with Crippen LogP contribution in [0.15, 0.2) is 24.3 Å². The van der Waals surface area contributed by atoms with E-state index < -0.39 is 0 Å². The van der Waals surface area contributed by atoms with Crippen LogP contribution in [0.1, 0.15) is 34.1 Å². The molecule has 0 fully saturated rings. The normalized spacial score (nSPS) is 10.8. The van der Waals surface area contributed by atoms with E-state index in [2.05, 4.69) is 5.32 Å². The number of carbonyl (C=O) groups excluding carboxylic acids is 2. The van der Waals surface area contributed by atoms with E-state index in [1.165, 1.54) is 24.3 Å². The lowest BCUT2D eigenvalue weighted by atomic mass is 10.1. The predicted molar refractivity (Wildman–Crippen MR) is 81.3 cm³/mol. The molecule has 116 valence electrons. The summed E-state index contributed by atoms with van der Waals surface area (Å²) in [5, 5.41) is 2.66. The number of rotatable bonds is 6. The Morgan fingerprint density at radius 2 is 1.71 bits per heavy atom. The minimum absolute atomic E-state index is 0.000592. The Bertz CT molecular complexity index is 484. The second-order valence-corrected chi connectivity index (χ2v) is 5.77. The first-order valence-electron chi connectivity index (χ1n) is 7.14. The number of amides is 2. The molecule has 1 aromatic rings. The molecule has 0 spiro atoms. The van der Waals surface area contributed by atoms with Crippen LogP contribution >= 0.6 is 0 Å². The topological polar surface area (TPSA) is 49.4 Å². The maximum atomic E-state index is 12.8. The van der Waals surface area contributed by atoms with Gasteiger partial charge in [-0.1, -0.05) is 13.8 Å². The van der Waals surface area contributed by atoms with Gasteiger partial charge in [0.1, 0.15) is 12.4 Å². The molecule has 1 N–H and O–H groups in total. The predicted octanol–water partition coefficient (Wildman–Crippen LogP) is 3.05. The van der Waals surface area contributed by atoms with Crippen LogP contribution in [0.25, 0.3) is 0 Å². The van der Waals surface area contributed by atoms with Crippen molar-refractivity contribution in [2.45, 2.75) is 40.2 Å². The molecular weight excluding hydrogens is 271 g/mol. The van der Waals surface area contributed by atoms with Crippen molar-refractivity contribution in [3.05, 3.63) is 30.1 Å². The molecule has 4 nitrogen and oxygen atoms in total. The van der Waals surface area contributed by atoms with Gasteiger partial charge in [0.15, 0.2) is 0 Å². The average molecular weight is 294 g/mol. The molecule has 0 heterocycles. The van der Waals surface area contributed by atoms with Crippen LogP contribution < -0.4 is 5.32 Å². The summed E-state index contributed by atoms with van der Waals surface area (Å²) in [6.45, 7) is 7.69. The smallest absolute Gasteiger partial charge is 0.244 e. The third kappa shape index (κ3) is 5.94. The number of hydrogen-bond donors (Lipinski definition) is 1. The van der Waals surface area contributed by atoms with E-state index in [1.54, 1.807) is 4.90 Å². The van der Waals surface area contributed by atoms with Crippen LogP contribution in [0.5, 0.6) is 0 Å². The van der Waals surface area contributed by atoms with Crippen molar-refractivity contribution in [3.8, 4) is 0 Å². The first-order valence-corrected chi connectivity index (χ1v) is 7.14. The largest absolute Gasteiger partial charge is 0.331 e. The number of carbonyl (C=O) groups is 2. The first-order chi connectivity index (χ1) is 9.79. The zero-order valence-corrected chi connectivity index (χ0v) is 13.0. The van der Waals surface area contributed by atoms with E-state index in [-0.39, 0.29) is 36.1 Å². The van der Waals surface area contributed by atoms with Crippen molar-refractivity contribution in [2.75, 3.05) is 11.9 Å². The quantitative estimate of drug-likeness (QED) is 0.876. The van der Waals surface area contributed by atoms with E-state index in [1.807, 2.05) is 27.7 Å². The molecule has 0 aliphatic rings. The molecule has 5 heteroatoms. The van der Waals surface area contributed by atoms with Gasteiger partial charge >= 0.3 is 0 Å². The number of nitrogens with one attached hydrogen (secondary N) is 1. The van der Waals surface area contributed by atoms with Gasteiger partial charge in [-0.2, -0.15) is 0 Å². The standard InChI is InChI=1S/C16H23FN2O2/c1-11(2)9-16(21)19(12(3)4)10-15(20)18-14-7-5-13(17)6-8-14/h5-8,11-12H,9-10H2,1-4H3,(H,18,20). The van der Waals surface area contributed by atoms with Crippen molar-refractivity contribution in [2.24, 2.45) is 5.92 Å². The summed E-state index contributed by atoms with van der Waals surface area (Å²) < 4.78 is 12.8. The molecule has 0 atom stereocenters. The first kappa shape index (κ1) is 17.1. The Balaban J connectivity index is 2.64. The van der Waals surface area contributed by atoms with Crippen molar-refractivity contribution in [3.63, 3.8) is 0 Å². The van der Waals surface area contributed by atoms with Gasteiger partial charge < -0.3 is 10.2 Å². The van der Waals surface area contributed by atoms with Crippen LogP contribution in [-0.2, 0) is 9.59 Å². The minimum Gasteiger partial charge on any atom is -0.331 e. The Labute approximate surface area is 125 Å². The van der Waals surface area contributed by atoms with Gasteiger partial charge in [0.05, 0.1) is 0 Å². The van der Waals surface area contributed by atoms with Gasteiger partial charge in [-0.15, -0.1) is 0 Å². The molecule has 2 amide bonds. The molecule has 21 heavy (non-hydrogen) atoms. The molecule has 1 aromatic carbocycles. The zero-order valence-electron chi connectivity index (χ0n) is 13.0. The van der Waals surface area contributed by atoms with Gasteiger partial charge in [-0.05, 0) is 44.0 Å². The molecule has 0 aliphatic heterocycles. The van der Waals surface area contributed by atoms with Crippen molar-refractivity contribution in [1.29, 1.82) is 0 Å². The summed E-state index contributed by atoms with van der Waals surface area (Å²) >= 11 is 0. The van der Waals surface area contributed by atoms with Crippen LogP contribution in [0.3, 0.4) is 0 Å². The van der Waals surface area contributed by atoms with Crippen LogP contribution in [-0.4, -0.2) is 29.3 Å². The molecule has 0 saturated carbocycles. The van der Waals surface area contributed by atoms with Gasteiger partial charge in [0.2, 0.25) is 11.8 Å². The number of halogens is 1. The third-order valence-corrected chi connectivity index (χ3v) is 2.97. The fourth-order valence-electron chi connectivity index (χ4n) is 1.91. The molecular formula is C16H23FN2O2. The lowest BCUT2D eigenvalue weighted by molar-refractivity contribution is -0.137. The van der Waals surface area contributed by atoms with Crippen molar-refractivity contribution < 1.29 is 14.0 Å². The Hall–Kier alpha value is -1.91. The fraction of sp³-hybridized carbons (Fsp3) is 0.500. The summed E-state index contributed by atoms with van der Waals surface area (Å²) in [4.78, 5) is 25.7. The van der Waals surface area contributed by atoms with E-state index in [4.69, 9.17) is 0 Å². The number of hydrogen-bond acceptors (Lipinski definition) is 2. The monoisotopic (exact) mass is 294 g/mol. The van der Waals surface area contributed by atoms with Gasteiger partial charge in [-0.3, -0.25) is 9.59 Å². The highest BCUT2D eigenvalue weighted by atomic mass is 19.1. The molecule has 0 aliphatic carbocycles. The van der Waals surface area contributed by atoms with Gasteiger partial charge in [0, 0.05) is 18.2 Å². The fourth-order valence-corrected chi connectivity index (χ4v) is 1.91. The maximum absolute atomic E-state index is 12.8. The Morgan fingerprint density at radius 3 is 2.19 bits per heavy atom. The number of nitrogens with zero attached hydrogens (tertiary/aromatic N) is 1. The highest BCUT2D eigenvalue weighted by Gasteiger charge is 2.20. The third-order valence-electron chi connectivity index (χ3n) is 2.97. The van der Waals surface area contributed by atoms with E-state index in [9.17, 15) is 14.0 Å². The summed E-state index contributed by atoms with van der Waals surface area (Å²) in [5.74, 6) is -0.426. The summed E-state index contributed by atoms with van der Waals surface area (Å²) in [5.41, 5.74) is 0.515. The molecule has 0 unspecified atom stereocenters. The van der Waals surface area contributed by atoms with Gasteiger partial charge in [0.25, 0.3) is 0 Å². The van der Waals surface area contributed by atoms with Crippen LogP contribution in [0, 0.1) is 11.7 Å². The van der Waals surface area contributed by atoms with E-state index in [0.29, 0.717) is 12.1 Å². The maximum Gasteiger partial charge on any atom is 0.244 e. The minimum atomic E-state index is -0.357. The second kappa shape index (κ2) is 7.76. The highest BCUT2D eigenvalue weighted by Crippen LogP contribution is 2.10. The summed E-state index contributed by atoms with van der Waals surface area (Å²) in [7, 11) is 0. The molecule has 1 rings (SSSR count).